The van der Waals surface area contributed by atoms with E-state index < -0.39 is 21.8 Å². The molecule has 3 N–H and O–H groups in total. The van der Waals surface area contributed by atoms with E-state index in [4.69, 9.17) is 10.8 Å². The minimum atomic E-state index is -2.89. The van der Waals surface area contributed by atoms with E-state index in [0.29, 0.717) is 25.7 Å². The zero-order valence-electron chi connectivity index (χ0n) is 8.27. The van der Waals surface area contributed by atoms with Gasteiger partial charge in [0.1, 0.15) is 15.9 Å². The predicted octanol–water partition coefficient (Wildman–Crippen LogP) is 0.00330. The highest BCUT2D eigenvalue weighted by Gasteiger charge is 2.10. The van der Waals surface area contributed by atoms with E-state index in [1.54, 1.807) is 0 Å². The lowest BCUT2D eigenvalue weighted by Gasteiger charge is -2.05. The van der Waals surface area contributed by atoms with Gasteiger partial charge in [0, 0.05) is 12.0 Å². The van der Waals surface area contributed by atoms with Crippen molar-refractivity contribution in [2.75, 3.05) is 12.0 Å². The van der Waals surface area contributed by atoms with E-state index >= 15 is 0 Å². The largest absolute Gasteiger partial charge is 0.480 e. The summed E-state index contributed by atoms with van der Waals surface area (Å²) in [7, 11) is -2.89. The van der Waals surface area contributed by atoms with Crippen molar-refractivity contribution in [2.24, 2.45) is 5.73 Å². The summed E-state index contributed by atoms with van der Waals surface area (Å²) in [5.74, 6) is -0.844. The molecule has 0 aliphatic heterocycles. The standard InChI is InChI=1S/C8H17NO4S/c1-14(12,13)6-4-2-3-5-7(9)8(10)11/h7H,2-6,9H2,1H3,(H,10,11)/t7-/m0/s1. The van der Waals surface area contributed by atoms with Crippen LogP contribution >= 0.6 is 0 Å². The van der Waals surface area contributed by atoms with Gasteiger partial charge < -0.3 is 10.8 Å². The smallest absolute Gasteiger partial charge is 0.320 e. The Balaban J connectivity index is 3.44. The number of nitrogens with two attached hydrogens (primary N) is 1. The third-order valence-corrected chi connectivity index (χ3v) is 2.88. The van der Waals surface area contributed by atoms with Gasteiger partial charge in [0.2, 0.25) is 0 Å². The molecular weight excluding hydrogens is 206 g/mol. The van der Waals surface area contributed by atoms with Gasteiger partial charge in [0.05, 0.1) is 0 Å². The molecule has 0 aromatic heterocycles. The van der Waals surface area contributed by atoms with E-state index in [9.17, 15) is 13.2 Å². The van der Waals surface area contributed by atoms with E-state index in [1.165, 1.54) is 6.26 Å². The van der Waals surface area contributed by atoms with Gasteiger partial charge in [-0.1, -0.05) is 12.8 Å². The molecule has 0 bridgehead atoms. The number of unbranched alkanes of at least 4 members (excludes halogenated alkanes) is 2. The number of hydrogen-bond acceptors (Lipinski definition) is 4. The molecule has 0 heterocycles. The quantitative estimate of drug-likeness (QED) is 0.592. The Morgan fingerprint density at radius 1 is 1.36 bits per heavy atom. The van der Waals surface area contributed by atoms with Crippen LogP contribution in [0.15, 0.2) is 0 Å². The summed E-state index contributed by atoms with van der Waals surface area (Å²) in [5.41, 5.74) is 5.27. The van der Waals surface area contributed by atoms with Crippen LogP contribution in [0.4, 0.5) is 0 Å². The Bertz CT molecular complexity index is 273. The molecule has 0 spiro atoms. The number of aliphatic carboxylic acids is 1. The van der Waals surface area contributed by atoms with Crippen LogP contribution in [0.3, 0.4) is 0 Å². The van der Waals surface area contributed by atoms with E-state index in [0.717, 1.165) is 0 Å². The van der Waals surface area contributed by atoms with Crippen molar-refractivity contribution in [1.82, 2.24) is 0 Å². The van der Waals surface area contributed by atoms with Gasteiger partial charge in [0.15, 0.2) is 0 Å². The fourth-order valence-electron chi connectivity index (χ4n) is 1.03. The van der Waals surface area contributed by atoms with Crippen LogP contribution < -0.4 is 5.73 Å². The fraction of sp³-hybridized carbons (Fsp3) is 0.875. The van der Waals surface area contributed by atoms with Crippen LogP contribution in [0.2, 0.25) is 0 Å². The minimum Gasteiger partial charge on any atom is -0.480 e. The maximum Gasteiger partial charge on any atom is 0.320 e. The second-order valence-corrected chi connectivity index (χ2v) is 5.68. The molecule has 6 heteroatoms. The number of carboxylic acid groups (broad SMARTS) is 1. The van der Waals surface area contributed by atoms with E-state index in [2.05, 4.69) is 0 Å². The molecule has 0 amide bonds. The van der Waals surface area contributed by atoms with Crippen molar-refractivity contribution in [3.05, 3.63) is 0 Å². The monoisotopic (exact) mass is 223 g/mol. The Labute approximate surface area is 84.2 Å². The van der Waals surface area contributed by atoms with Crippen LogP contribution in [-0.2, 0) is 14.6 Å². The van der Waals surface area contributed by atoms with Gasteiger partial charge in [-0.2, -0.15) is 0 Å². The molecule has 0 aromatic rings. The average Bonchev–Trinajstić information content (AvgIpc) is 2.01. The molecule has 0 rings (SSSR count). The number of carbonyl (C=O) groups is 1. The molecule has 0 unspecified atom stereocenters. The summed E-state index contributed by atoms with van der Waals surface area (Å²) in [6.45, 7) is 0. The molecule has 0 fully saturated rings. The molecule has 14 heavy (non-hydrogen) atoms. The van der Waals surface area contributed by atoms with Gasteiger partial charge in [-0.3, -0.25) is 4.79 Å². The van der Waals surface area contributed by atoms with Gasteiger partial charge in [0.25, 0.3) is 0 Å². The van der Waals surface area contributed by atoms with Crippen LogP contribution in [0.25, 0.3) is 0 Å². The normalized spacial score (nSPS) is 13.9. The molecular formula is C8H17NO4S. The summed E-state index contributed by atoms with van der Waals surface area (Å²) >= 11 is 0. The lowest BCUT2D eigenvalue weighted by atomic mass is 10.1. The summed E-state index contributed by atoms with van der Waals surface area (Å²) < 4.78 is 21.4. The summed E-state index contributed by atoms with van der Waals surface area (Å²) in [5, 5.41) is 8.45. The van der Waals surface area contributed by atoms with Crippen molar-refractivity contribution in [3.8, 4) is 0 Å². The molecule has 0 aliphatic rings. The van der Waals surface area contributed by atoms with Crippen molar-refractivity contribution < 1.29 is 18.3 Å². The van der Waals surface area contributed by atoms with Crippen LogP contribution in [-0.4, -0.2) is 37.5 Å². The average molecular weight is 223 g/mol. The summed E-state index contributed by atoms with van der Waals surface area (Å²) in [4.78, 5) is 10.3. The lowest BCUT2D eigenvalue weighted by Crippen LogP contribution is -2.29. The topological polar surface area (TPSA) is 97.5 Å². The second-order valence-electron chi connectivity index (χ2n) is 3.42. The Morgan fingerprint density at radius 2 is 1.93 bits per heavy atom. The van der Waals surface area contributed by atoms with Crippen molar-refractivity contribution in [2.45, 2.75) is 31.7 Å². The maximum absolute atomic E-state index is 10.7. The van der Waals surface area contributed by atoms with E-state index in [1.807, 2.05) is 0 Å². The van der Waals surface area contributed by atoms with Crippen molar-refractivity contribution >= 4 is 15.8 Å². The number of rotatable bonds is 7. The molecule has 0 saturated heterocycles. The fourth-order valence-corrected chi connectivity index (χ4v) is 1.76. The zero-order chi connectivity index (χ0) is 11.2. The lowest BCUT2D eigenvalue weighted by molar-refractivity contribution is -0.138. The first-order valence-corrected chi connectivity index (χ1v) is 6.55. The van der Waals surface area contributed by atoms with Crippen LogP contribution in [0.5, 0.6) is 0 Å². The Morgan fingerprint density at radius 3 is 2.36 bits per heavy atom. The molecule has 0 radical (unpaired) electrons. The Kier molecular flexibility index (Phi) is 5.71. The number of hydrogen-bond donors (Lipinski definition) is 2. The van der Waals surface area contributed by atoms with Crippen molar-refractivity contribution in [3.63, 3.8) is 0 Å². The molecule has 5 nitrogen and oxygen atoms in total. The summed E-state index contributed by atoms with van der Waals surface area (Å²) in [6, 6.07) is -0.826. The van der Waals surface area contributed by atoms with Gasteiger partial charge in [-0.05, 0) is 12.8 Å². The third-order valence-electron chi connectivity index (χ3n) is 1.85. The van der Waals surface area contributed by atoms with Crippen LogP contribution in [0, 0.1) is 0 Å². The van der Waals surface area contributed by atoms with Gasteiger partial charge in [-0.25, -0.2) is 8.42 Å². The highest BCUT2D eigenvalue weighted by molar-refractivity contribution is 7.90. The first-order valence-electron chi connectivity index (χ1n) is 4.49. The highest BCUT2D eigenvalue weighted by Crippen LogP contribution is 2.03. The SMILES string of the molecule is CS(=O)(=O)CCCCC[C@H](N)C(=O)O. The molecule has 1 atom stereocenters. The molecule has 0 aromatic carbocycles. The minimum absolute atomic E-state index is 0.162. The van der Waals surface area contributed by atoms with Crippen molar-refractivity contribution in [1.29, 1.82) is 0 Å². The van der Waals surface area contributed by atoms with Crippen LogP contribution in [0.1, 0.15) is 25.7 Å². The number of carboxylic acids is 1. The third kappa shape index (κ3) is 8.00. The predicted molar refractivity (Wildman–Crippen MR) is 53.8 cm³/mol. The highest BCUT2D eigenvalue weighted by atomic mass is 32.2. The van der Waals surface area contributed by atoms with E-state index in [-0.39, 0.29) is 5.75 Å². The van der Waals surface area contributed by atoms with Gasteiger partial charge in [-0.15, -0.1) is 0 Å². The second kappa shape index (κ2) is 5.98. The zero-order valence-corrected chi connectivity index (χ0v) is 9.09. The molecule has 84 valence electrons. The number of sulfone groups is 1. The summed E-state index contributed by atoms with van der Waals surface area (Å²) in [6.07, 6.45) is 3.53. The first-order chi connectivity index (χ1) is 6.33. The van der Waals surface area contributed by atoms with Gasteiger partial charge >= 0.3 is 5.97 Å². The Hall–Kier alpha value is -0.620. The molecule has 0 aliphatic carbocycles. The first kappa shape index (κ1) is 13.4. The molecule has 0 saturated carbocycles. The maximum atomic E-state index is 10.7.